The summed E-state index contributed by atoms with van der Waals surface area (Å²) < 4.78 is 4.86. The molecule has 0 amide bonds. The topological polar surface area (TPSA) is 26.3 Å². The van der Waals surface area contributed by atoms with E-state index in [1.54, 1.807) is 25.2 Å². The molecule has 16 radical (unpaired) electrons. The van der Waals surface area contributed by atoms with Crippen molar-refractivity contribution in [3.63, 3.8) is 0 Å². The fourth-order valence-electron chi connectivity index (χ4n) is 2.30. The number of carbonyl (C=O) groups is 1. The Hall–Kier alpha value is -1.31. The van der Waals surface area contributed by atoms with Gasteiger partial charge in [0.05, 0.1) is 69.4 Å². The summed E-state index contributed by atoms with van der Waals surface area (Å²) in [5, 5.41) is -5.26. The van der Waals surface area contributed by atoms with Crippen LogP contribution in [-0.4, -0.2) is 75.3 Å². The second-order valence-corrected chi connectivity index (χ2v) is 7.91. The summed E-state index contributed by atoms with van der Waals surface area (Å²) in [6.07, 6.45) is 17.9. The molecule has 0 rings (SSSR count). The molecule has 0 unspecified atom stereocenters. The largest absolute Gasteiger partial charge is 0.466 e. The van der Waals surface area contributed by atoms with Gasteiger partial charge in [-0.25, -0.2) is 0 Å². The van der Waals surface area contributed by atoms with Gasteiger partial charge in [-0.2, -0.15) is 0 Å². The molecule has 0 spiro atoms. The van der Waals surface area contributed by atoms with Crippen molar-refractivity contribution in [1.82, 2.24) is 0 Å². The summed E-state index contributed by atoms with van der Waals surface area (Å²) in [5.74, 6) is -0.234. The average Bonchev–Trinajstić information content (AvgIpc) is 2.69. The lowest BCUT2D eigenvalue weighted by molar-refractivity contribution is -0.143. The summed E-state index contributed by atoms with van der Waals surface area (Å²) in [6.45, 7) is 4.09. The average molecular weight is 409 g/mol. The standard InChI is InChI=1S/C22H26B8O2/c1-3-5-10-19(23,24)12-14-21(27,28)16-17-22(29,30)15-13-20(25,26)11-8-6-7-9-18(31)32-4-2/h5,8,10-17H,3-4,6-7,9H2,1-2H3/b10-5-,11-8-,14-12-,15-13-,17-16-. The minimum atomic E-state index is -1.41. The highest BCUT2D eigenvalue weighted by Crippen LogP contribution is 2.31. The highest BCUT2D eigenvalue weighted by Gasteiger charge is 2.16. The molecular formula is C22H26B8O2. The smallest absolute Gasteiger partial charge is 0.305 e. The zero-order chi connectivity index (χ0) is 24.9. The quantitative estimate of drug-likeness (QED) is 0.191. The molecule has 0 aliphatic carbocycles. The van der Waals surface area contributed by atoms with Crippen molar-refractivity contribution < 1.29 is 9.53 Å². The third-order valence-electron chi connectivity index (χ3n) is 4.09. The van der Waals surface area contributed by atoms with E-state index in [1.807, 2.05) is 13.0 Å². The number of allylic oxidation sites excluding steroid dienone is 10. The van der Waals surface area contributed by atoms with E-state index in [0.717, 1.165) is 6.42 Å². The van der Waals surface area contributed by atoms with Crippen molar-refractivity contribution >= 4 is 68.7 Å². The predicted molar refractivity (Wildman–Crippen MR) is 143 cm³/mol. The lowest BCUT2D eigenvalue weighted by Crippen LogP contribution is -2.13. The summed E-state index contributed by atoms with van der Waals surface area (Å²) in [6, 6.07) is 0. The van der Waals surface area contributed by atoms with Crippen LogP contribution in [0.25, 0.3) is 0 Å². The van der Waals surface area contributed by atoms with Gasteiger partial charge in [0.25, 0.3) is 0 Å². The van der Waals surface area contributed by atoms with E-state index in [1.165, 1.54) is 36.5 Å². The summed E-state index contributed by atoms with van der Waals surface area (Å²) in [7, 11) is 48.0. The molecular weight excluding hydrogens is 383 g/mol. The van der Waals surface area contributed by atoms with Gasteiger partial charge >= 0.3 is 5.97 Å². The molecule has 2 nitrogen and oxygen atoms in total. The van der Waals surface area contributed by atoms with Gasteiger partial charge in [0.2, 0.25) is 0 Å². The lowest BCUT2D eigenvalue weighted by Gasteiger charge is -2.25. The summed E-state index contributed by atoms with van der Waals surface area (Å²) in [4.78, 5) is 11.3. The first-order chi connectivity index (χ1) is 14.6. The van der Waals surface area contributed by atoms with E-state index >= 15 is 0 Å². The molecule has 0 aliphatic rings. The van der Waals surface area contributed by atoms with Crippen LogP contribution in [0, 0.1) is 0 Å². The van der Waals surface area contributed by atoms with E-state index in [2.05, 4.69) is 0 Å². The zero-order valence-corrected chi connectivity index (χ0v) is 19.2. The number of rotatable bonds is 14. The van der Waals surface area contributed by atoms with Crippen LogP contribution >= 0.6 is 0 Å². The summed E-state index contributed by atoms with van der Waals surface area (Å²) in [5.41, 5.74) is 0. The first-order valence-corrected chi connectivity index (χ1v) is 10.6. The first kappa shape index (κ1) is 30.7. The zero-order valence-electron chi connectivity index (χ0n) is 19.2. The van der Waals surface area contributed by atoms with Crippen molar-refractivity contribution in [2.24, 2.45) is 0 Å². The van der Waals surface area contributed by atoms with Crippen LogP contribution in [0.2, 0.25) is 20.9 Å². The Balaban J connectivity index is 4.93. The van der Waals surface area contributed by atoms with Gasteiger partial charge in [0, 0.05) is 6.42 Å². The molecule has 0 N–H and O–H groups in total. The van der Waals surface area contributed by atoms with Crippen molar-refractivity contribution in [3.8, 4) is 0 Å². The third-order valence-corrected chi connectivity index (χ3v) is 4.09. The predicted octanol–water partition coefficient (Wildman–Crippen LogP) is 2.72. The van der Waals surface area contributed by atoms with Gasteiger partial charge in [-0.1, -0.05) is 88.5 Å². The van der Waals surface area contributed by atoms with Crippen LogP contribution in [0.1, 0.15) is 39.5 Å². The van der Waals surface area contributed by atoms with Gasteiger partial charge < -0.3 is 4.74 Å². The van der Waals surface area contributed by atoms with Crippen molar-refractivity contribution in [1.29, 1.82) is 0 Å². The Morgan fingerprint density at radius 1 is 0.656 bits per heavy atom. The second-order valence-electron chi connectivity index (χ2n) is 7.91. The maximum Gasteiger partial charge on any atom is 0.305 e. The van der Waals surface area contributed by atoms with Crippen LogP contribution in [0.5, 0.6) is 0 Å². The molecule has 0 bridgehead atoms. The first-order valence-electron chi connectivity index (χ1n) is 10.6. The van der Waals surface area contributed by atoms with Crippen molar-refractivity contribution in [2.45, 2.75) is 60.4 Å². The van der Waals surface area contributed by atoms with E-state index in [4.69, 9.17) is 67.5 Å². The van der Waals surface area contributed by atoms with Crippen molar-refractivity contribution in [2.75, 3.05) is 6.61 Å². The number of carbonyl (C=O) groups excluding carboxylic acids is 1. The molecule has 0 aromatic heterocycles. The molecule has 10 heteroatoms. The van der Waals surface area contributed by atoms with Gasteiger partial charge in [-0.15, -0.1) is 0 Å². The molecule has 0 fully saturated rings. The Labute approximate surface area is 205 Å². The highest BCUT2D eigenvalue weighted by atomic mass is 16.5. The van der Waals surface area contributed by atoms with E-state index in [0.29, 0.717) is 25.9 Å². The molecule has 32 heavy (non-hydrogen) atoms. The van der Waals surface area contributed by atoms with Crippen molar-refractivity contribution in [3.05, 3.63) is 60.8 Å². The summed E-state index contributed by atoms with van der Waals surface area (Å²) >= 11 is 0. The molecule has 0 saturated heterocycles. The number of hydrogen-bond acceptors (Lipinski definition) is 2. The third kappa shape index (κ3) is 16.3. The van der Waals surface area contributed by atoms with Crippen LogP contribution in [0.3, 0.4) is 0 Å². The number of ether oxygens (including phenoxy) is 1. The van der Waals surface area contributed by atoms with Gasteiger partial charge in [-0.3, -0.25) is 4.79 Å². The number of hydrogen-bond donors (Lipinski definition) is 0. The minimum absolute atomic E-state index is 0.234. The van der Waals surface area contributed by atoms with Crippen LogP contribution in [0.4, 0.5) is 0 Å². The van der Waals surface area contributed by atoms with Crippen LogP contribution < -0.4 is 0 Å². The van der Waals surface area contributed by atoms with Gasteiger partial charge in [-0.05, 0) is 26.2 Å². The molecule has 0 atom stereocenters. The molecule has 0 heterocycles. The maximum atomic E-state index is 11.3. The van der Waals surface area contributed by atoms with Gasteiger partial charge in [0.15, 0.2) is 0 Å². The molecule has 0 aromatic rings. The van der Waals surface area contributed by atoms with E-state index < -0.39 is 20.9 Å². The van der Waals surface area contributed by atoms with Crippen LogP contribution in [0.15, 0.2) is 60.8 Å². The molecule has 150 valence electrons. The fraction of sp³-hybridized carbons (Fsp3) is 0.500. The molecule has 0 aromatic carbocycles. The number of unbranched alkanes of at least 4 members (excludes halogenated alkanes) is 1. The monoisotopic (exact) mass is 410 g/mol. The Morgan fingerprint density at radius 2 is 1.03 bits per heavy atom. The second kappa shape index (κ2) is 14.1. The Kier molecular flexibility index (Phi) is 13.5. The van der Waals surface area contributed by atoms with E-state index in [9.17, 15) is 4.79 Å². The Bertz CT molecular complexity index is 719. The van der Waals surface area contributed by atoms with Gasteiger partial charge in [0.1, 0.15) is 0 Å². The molecule has 0 aliphatic heterocycles. The highest BCUT2D eigenvalue weighted by molar-refractivity contribution is 6.46. The minimum Gasteiger partial charge on any atom is -0.466 e. The van der Waals surface area contributed by atoms with Crippen LogP contribution in [-0.2, 0) is 9.53 Å². The normalized spacial score (nSPS) is 14.4. The SMILES string of the molecule is [B]C([B])(/C=C\CC)/C=C\C([B])([B])/C=C\C([B])([B])/C=C\C([B])([B])/C=C\CCCC(=O)OCC. The number of esters is 1. The molecule has 0 saturated carbocycles. The Morgan fingerprint density at radius 3 is 1.41 bits per heavy atom. The van der Waals surface area contributed by atoms with E-state index in [-0.39, 0.29) is 5.97 Å². The maximum absolute atomic E-state index is 11.3. The lowest BCUT2D eigenvalue weighted by atomic mass is 9.47. The fourth-order valence-corrected chi connectivity index (χ4v) is 2.30.